The third kappa shape index (κ3) is 3.65. The Morgan fingerprint density at radius 2 is 2.46 bits per heavy atom. The molecule has 13 heavy (non-hydrogen) atoms. The number of aromatic nitrogens is 1. The van der Waals surface area contributed by atoms with Gasteiger partial charge in [0.15, 0.2) is 0 Å². The molecule has 0 atom stereocenters. The van der Waals surface area contributed by atoms with Gasteiger partial charge in [0.2, 0.25) is 0 Å². The molecule has 3 nitrogen and oxygen atoms in total. The molecule has 1 aromatic rings. The SMILES string of the molecule is CNc1cc(SCCCO)ccn1. The minimum atomic E-state index is 0.261. The van der Waals surface area contributed by atoms with Crippen molar-refractivity contribution >= 4 is 17.6 Å². The fourth-order valence-electron chi connectivity index (χ4n) is 0.892. The minimum Gasteiger partial charge on any atom is -0.396 e. The van der Waals surface area contributed by atoms with Crippen molar-refractivity contribution in [3.63, 3.8) is 0 Å². The van der Waals surface area contributed by atoms with E-state index in [1.54, 1.807) is 18.0 Å². The number of anilines is 1. The van der Waals surface area contributed by atoms with Gasteiger partial charge in [-0.15, -0.1) is 11.8 Å². The summed E-state index contributed by atoms with van der Waals surface area (Å²) in [6.07, 6.45) is 2.62. The van der Waals surface area contributed by atoms with Crippen LogP contribution in [0.15, 0.2) is 23.2 Å². The van der Waals surface area contributed by atoms with Crippen molar-refractivity contribution in [1.29, 1.82) is 0 Å². The van der Waals surface area contributed by atoms with Crippen molar-refractivity contribution in [2.75, 3.05) is 24.7 Å². The van der Waals surface area contributed by atoms with E-state index >= 15 is 0 Å². The molecule has 0 saturated heterocycles. The Morgan fingerprint density at radius 1 is 1.62 bits per heavy atom. The first-order chi connectivity index (χ1) is 6.36. The summed E-state index contributed by atoms with van der Waals surface area (Å²) in [6, 6.07) is 3.98. The number of aliphatic hydroxyl groups is 1. The van der Waals surface area contributed by atoms with Crippen molar-refractivity contribution in [2.45, 2.75) is 11.3 Å². The van der Waals surface area contributed by atoms with Gasteiger partial charge < -0.3 is 10.4 Å². The summed E-state index contributed by atoms with van der Waals surface area (Å²) in [5, 5.41) is 11.6. The lowest BCUT2D eigenvalue weighted by Crippen LogP contribution is -1.91. The average Bonchev–Trinajstić information content (AvgIpc) is 2.19. The zero-order valence-corrected chi connectivity index (χ0v) is 8.47. The lowest BCUT2D eigenvalue weighted by Gasteiger charge is -2.02. The monoisotopic (exact) mass is 198 g/mol. The zero-order valence-electron chi connectivity index (χ0n) is 7.66. The van der Waals surface area contributed by atoms with Gasteiger partial charge in [0.1, 0.15) is 5.82 Å². The van der Waals surface area contributed by atoms with E-state index in [-0.39, 0.29) is 6.61 Å². The summed E-state index contributed by atoms with van der Waals surface area (Å²) in [7, 11) is 1.85. The second-order valence-corrected chi connectivity index (χ2v) is 3.72. The summed E-state index contributed by atoms with van der Waals surface area (Å²) < 4.78 is 0. The second-order valence-electron chi connectivity index (χ2n) is 2.55. The molecule has 0 unspecified atom stereocenters. The lowest BCUT2D eigenvalue weighted by atomic mass is 10.5. The molecule has 2 N–H and O–H groups in total. The maximum atomic E-state index is 8.61. The van der Waals surface area contributed by atoms with E-state index in [1.165, 1.54) is 4.90 Å². The van der Waals surface area contributed by atoms with E-state index < -0.39 is 0 Å². The maximum absolute atomic E-state index is 8.61. The van der Waals surface area contributed by atoms with Crippen LogP contribution in [-0.2, 0) is 0 Å². The molecule has 1 aromatic heterocycles. The van der Waals surface area contributed by atoms with E-state index in [4.69, 9.17) is 5.11 Å². The quantitative estimate of drug-likeness (QED) is 0.557. The number of hydrogen-bond acceptors (Lipinski definition) is 4. The van der Waals surface area contributed by atoms with Crippen LogP contribution in [0.25, 0.3) is 0 Å². The molecule has 0 bridgehead atoms. The van der Waals surface area contributed by atoms with Crippen molar-refractivity contribution in [3.8, 4) is 0 Å². The van der Waals surface area contributed by atoms with Crippen LogP contribution in [0.1, 0.15) is 6.42 Å². The van der Waals surface area contributed by atoms with Gasteiger partial charge in [-0.1, -0.05) is 0 Å². The molecule has 0 saturated carbocycles. The summed E-state index contributed by atoms with van der Waals surface area (Å²) in [5.74, 6) is 1.83. The smallest absolute Gasteiger partial charge is 0.126 e. The van der Waals surface area contributed by atoms with E-state index in [0.717, 1.165) is 18.0 Å². The van der Waals surface area contributed by atoms with Crippen LogP contribution in [0.5, 0.6) is 0 Å². The van der Waals surface area contributed by atoms with Gasteiger partial charge >= 0.3 is 0 Å². The number of pyridine rings is 1. The molecule has 0 aromatic carbocycles. The summed E-state index contributed by atoms with van der Waals surface area (Å²) in [6.45, 7) is 0.261. The molecule has 0 aliphatic heterocycles. The van der Waals surface area contributed by atoms with Gasteiger partial charge in [-0.25, -0.2) is 4.98 Å². The van der Waals surface area contributed by atoms with Gasteiger partial charge in [0, 0.05) is 30.5 Å². The molecule has 0 aliphatic carbocycles. The Labute approximate surface area is 82.6 Å². The highest BCUT2D eigenvalue weighted by Gasteiger charge is 1.95. The highest BCUT2D eigenvalue weighted by molar-refractivity contribution is 7.99. The zero-order chi connectivity index (χ0) is 9.52. The van der Waals surface area contributed by atoms with E-state index in [2.05, 4.69) is 10.3 Å². The Balaban J connectivity index is 2.46. The second kappa shape index (κ2) is 5.83. The van der Waals surface area contributed by atoms with E-state index in [0.29, 0.717) is 0 Å². The first-order valence-electron chi connectivity index (χ1n) is 4.24. The fourth-order valence-corrected chi connectivity index (χ4v) is 1.75. The Bertz CT molecular complexity index is 255. The largest absolute Gasteiger partial charge is 0.396 e. The lowest BCUT2D eigenvalue weighted by molar-refractivity contribution is 0.296. The van der Waals surface area contributed by atoms with Crippen LogP contribution < -0.4 is 5.32 Å². The van der Waals surface area contributed by atoms with Crippen molar-refractivity contribution in [1.82, 2.24) is 4.98 Å². The summed E-state index contributed by atoms with van der Waals surface area (Å²) in [4.78, 5) is 5.30. The highest BCUT2D eigenvalue weighted by atomic mass is 32.2. The Morgan fingerprint density at radius 3 is 3.15 bits per heavy atom. The maximum Gasteiger partial charge on any atom is 0.126 e. The van der Waals surface area contributed by atoms with Crippen LogP contribution in [0.4, 0.5) is 5.82 Å². The van der Waals surface area contributed by atoms with Crippen molar-refractivity contribution in [2.24, 2.45) is 0 Å². The molecule has 0 spiro atoms. The number of aliphatic hydroxyl groups excluding tert-OH is 1. The molecule has 72 valence electrons. The number of nitrogens with one attached hydrogen (secondary N) is 1. The molecule has 0 radical (unpaired) electrons. The van der Waals surface area contributed by atoms with Gasteiger partial charge in [-0.2, -0.15) is 0 Å². The summed E-state index contributed by atoms with van der Waals surface area (Å²) >= 11 is 1.73. The normalized spacial score (nSPS) is 10.0. The van der Waals surface area contributed by atoms with Crippen LogP contribution in [0.3, 0.4) is 0 Å². The molecule has 4 heteroatoms. The minimum absolute atomic E-state index is 0.261. The number of rotatable bonds is 5. The molecule has 1 heterocycles. The van der Waals surface area contributed by atoms with Crippen LogP contribution >= 0.6 is 11.8 Å². The molecule has 0 amide bonds. The topological polar surface area (TPSA) is 45.1 Å². The third-order valence-corrected chi connectivity index (χ3v) is 2.64. The first-order valence-corrected chi connectivity index (χ1v) is 5.23. The predicted octanol–water partition coefficient (Wildman–Crippen LogP) is 1.60. The predicted molar refractivity (Wildman–Crippen MR) is 56.2 cm³/mol. The number of hydrogen-bond donors (Lipinski definition) is 2. The van der Waals surface area contributed by atoms with Crippen molar-refractivity contribution < 1.29 is 5.11 Å². The first kappa shape index (κ1) is 10.3. The van der Waals surface area contributed by atoms with Crippen LogP contribution in [0.2, 0.25) is 0 Å². The Kier molecular flexibility index (Phi) is 4.64. The van der Waals surface area contributed by atoms with Gasteiger partial charge in [0.25, 0.3) is 0 Å². The Hall–Kier alpha value is -0.740. The van der Waals surface area contributed by atoms with Gasteiger partial charge in [-0.05, 0) is 18.6 Å². The third-order valence-electron chi connectivity index (χ3n) is 1.56. The van der Waals surface area contributed by atoms with Gasteiger partial charge in [-0.3, -0.25) is 0 Å². The van der Waals surface area contributed by atoms with E-state index in [1.807, 2.05) is 19.2 Å². The summed E-state index contributed by atoms with van der Waals surface area (Å²) in [5.41, 5.74) is 0. The van der Waals surface area contributed by atoms with Gasteiger partial charge in [0.05, 0.1) is 0 Å². The average molecular weight is 198 g/mol. The van der Waals surface area contributed by atoms with E-state index in [9.17, 15) is 0 Å². The highest BCUT2D eigenvalue weighted by Crippen LogP contribution is 2.19. The van der Waals surface area contributed by atoms with Crippen molar-refractivity contribution in [3.05, 3.63) is 18.3 Å². The standard InChI is InChI=1S/C9H14N2OS/c1-10-9-7-8(3-4-11-9)13-6-2-5-12/h3-4,7,12H,2,5-6H2,1H3,(H,10,11). The van der Waals surface area contributed by atoms with Crippen LogP contribution in [-0.4, -0.2) is 29.5 Å². The number of thioether (sulfide) groups is 1. The molecule has 0 aliphatic rings. The van der Waals surface area contributed by atoms with Crippen LogP contribution in [0, 0.1) is 0 Å². The molecule has 1 rings (SSSR count). The molecular formula is C9H14N2OS. The fraction of sp³-hybridized carbons (Fsp3) is 0.444. The number of nitrogens with zero attached hydrogens (tertiary/aromatic N) is 1. The molecule has 0 fully saturated rings. The molecular weight excluding hydrogens is 184 g/mol.